The van der Waals surface area contributed by atoms with E-state index in [-0.39, 0.29) is 0 Å². The highest BCUT2D eigenvalue weighted by Gasteiger charge is 2.44. The molecule has 2 saturated carbocycles. The van der Waals surface area contributed by atoms with Crippen LogP contribution in [0.4, 0.5) is 0 Å². The van der Waals surface area contributed by atoms with Gasteiger partial charge in [0.25, 0.3) is 0 Å². The van der Waals surface area contributed by atoms with E-state index in [2.05, 4.69) is 19.1 Å². The van der Waals surface area contributed by atoms with Crippen molar-refractivity contribution in [2.45, 2.75) is 57.9 Å². The Balaban J connectivity index is 1.73. The normalized spacial score (nSPS) is 39.3. The minimum atomic E-state index is 0.513. The van der Waals surface area contributed by atoms with Crippen LogP contribution in [-0.4, -0.2) is 6.04 Å². The summed E-state index contributed by atoms with van der Waals surface area (Å²) in [7, 11) is 0. The maximum Gasteiger partial charge on any atom is 0.0101 e. The molecule has 0 heterocycles. The van der Waals surface area contributed by atoms with Crippen LogP contribution in [0.25, 0.3) is 0 Å². The molecule has 0 spiro atoms. The fourth-order valence-electron chi connectivity index (χ4n) is 3.50. The lowest BCUT2D eigenvalue weighted by Crippen LogP contribution is -2.35. The van der Waals surface area contributed by atoms with E-state index in [4.69, 9.17) is 5.73 Å². The number of hydrogen-bond acceptors (Lipinski definition) is 1. The van der Waals surface area contributed by atoms with E-state index in [1.165, 1.54) is 44.9 Å². The second-order valence-electron chi connectivity index (χ2n) is 5.42. The second-order valence-corrected chi connectivity index (χ2v) is 5.42. The van der Waals surface area contributed by atoms with Crippen LogP contribution in [0.2, 0.25) is 0 Å². The SMILES string of the molecule is CCCC/C=C\C[C@H]1[C@H]2CC[C@H](C2)[C@@H]1N. The topological polar surface area (TPSA) is 26.0 Å². The van der Waals surface area contributed by atoms with Gasteiger partial charge >= 0.3 is 0 Å². The Kier molecular flexibility index (Phi) is 3.85. The summed E-state index contributed by atoms with van der Waals surface area (Å²) in [6, 6.07) is 0.513. The van der Waals surface area contributed by atoms with Gasteiger partial charge in [0.15, 0.2) is 0 Å². The minimum absolute atomic E-state index is 0.513. The van der Waals surface area contributed by atoms with Gasteiger partial charge < -0.3 is 5.73 Å². The van der Waals surface area contributed by atoms with E-state index in [0.717, 1.165) is 17.8 Å². The number of nitrogens with two attached hydrogens (primary N) is 1. The first-order valence-corrected chi connectivity index (χ1v) is 6.73. The van der Waals surface area contributed by atoms with Crippen LogP contribution in [0, 0.1) is 17.8 Å². The Bertz CT molecular complexity index is 219. The highest BCUT2D eigenvalue weighted by Crippen LogP contribution is 2.48. The van der Waals surface area contributed by atoms with Gasteiger partial charge in [-0.1, -0.05) is 31.9 Å². The standard InChI is InChI=1S/C14H25N/c1-2-3-4-5-6-7-13-11-8-9-12(10-11)14(13)15/h5-6,11-14H,2-4,7-10,15H2,1H3/b6-5-/t11-,12+,13-,14-/m0/s1. The van der Waals surface area contributed by atoms with E-state index in [9.17, 15) is 0 Å². The summed E-state index contributed by atoms with van der Waals surface area (Å²) in [6.07, 6.45) is 14.2. The van der Waals surface area contributed by atoms with Gasteiger partial charge in [0.2, 0.25) is 0 Å². The predicted molar refractivity (Wildman–Crippen MR) is 65.6 cm³/mol. The van der Waals surface area contributed by atoms with Gasteiger partial charge in [0.1, 0.15) is 0 Å². The first-order chi connectivity index (χ1) is 7.33. The molecule has 2 bridgehead atoms. The zero-order valence-corrected chi connectivity index (χ0v) is 9.99. The van der Waals surface area contributed by atoms with Gasteiger partial charge in [0.05, 0.1) is 0 Å². The van der Waals surface area contributed by atoms with Gasteiger partial charge in [-0.25, -0.2) is 0 Å². The number of hydrogen-bond donors (Lipinski definition) is 1. The zero-order chi connectivity index (χ0) is 10.7. The molecule has 2 fully saturated rings. The highest BCUT2D eigenvalue weighted by atomic mass is 14.7. The Morgan fingerprint density at radius 1 is 1.20 bits per heavy atom. The van der Waals surface area contributed by atoms with Gasteiger partial charge in [-0.2, -0.15) is 0 Å². The Morgan fingerprint density at radius 2 is 2.00 bits per heavy atom. The summed E-state index contributed by atoms with van der Waals surface area (Å²) in [5, 5.41) is 0. The van der Waals surface area contributed by atoms with Crippen LogP contribution in [0.3, 0.4) is 0 Å². The van der Waals surface area contributed by atoms with Crippen LogP contribution >= 0.6 is 0 Å². The molecule has 2 aliphatic rings. The third-order valence-electron chi connectivity index (χ3n) is 4.46. The van der Waals surface area contributed by atoms with Crippen LogP contribution in [0.1, 0.15) is 51.9 Å². The molecule has 2 rings (SSSR count). The molecule has 2 aliphatic carbocycles. The van der Waals surface area contributed by atoms with E-state index >= 15 is 0 Å². The quantitative estimate of drug-likeness (QED) is 0.542. The fourth-order valence-corrected chi connectivity index (χ4v) is 3.50. The molecule has 0 unspecified atom stereocenters. The summed E-state index contributed by atoms with van der Waals surface area (Å²) in [5.41, 5.74) is 6.27. The molecule has 0 aromatic carbocycles. The molecule has 2 N–H and O–H groups in total. The van der Waals surface area contributed by atoms with Crippen molar-refractivity contribution >= 4 is 0 Å². The predicted octanol–water partition coefficient (Wildman–Crippen LogP) is 3.50. The average Bonchev–Trinajstić information content (AvgIpc) is 2.80. The van der Waals surface area contributed by atoms with Crippen molar-refractivity contribution in [3.63, 3.8) is 0 Å². The van der Waals surface area contributed by atoms with E-state index in [1.807, 2.05) is 0 Å². The first kappa shape index (κ1) is 11.2. The molecule has 1 nitrogen and oxygen atoms in total. The second kappa shape index (κ2) is 5.16. The number of fused-ring (bicyclic) bond motifs is 2. The Morgan fingerprint density at radius 3 is 2.67 bits per heavy atom. The van der Waals surface area contributed by atoms with Crippen molar-refractivity contribution in [1.29, 1.82) is 0 Å². The molecule has 86 valence electrons. The Hall–Kier alpha value is -0.300. The lowest BCUT2D eigenvalue weighted by Gasteiger charge is -2.27. The molecule has 0 radical (unpaired) electrons. The highest BCUT2D eigenvalue weighted by molar-refractivity contribution is 5.01. The maximum absolute atomic E-state index is 6.27. The molecule has 0 amide bonds. The van der Waals surface area contributed by atoms with Crippen LogP contribution in [-0.2, 0) is 0 Å². The van der Waals surface area contributed by atoms with E-state index < -0.39 is 0 Å². The summed E-state index contributed by atoms with van der Waals surface area (Å²) < 4.78 is 0. The van der Waals surface area contributed by atoms with Crippen molar-refractivity contribution < 1.29 is 0 Å². The zero-order valence-electron chi connectivity index (χ0n) is 9.99. The van der Waals surface area contributed by atoms with Gasteiger partial charge in [-0.15, -0.1) is 0 Å². The number of allylic oxidation sites excluding steroid dienone is 2. The van der Waals surface area contributed by atoms with Crippen LogP contribution in [0.5, 0.6) is 0 Å². The molecule has 0 aromatic rings. The van der Waals surface area contributed by atoms with Crippen molar-refractivity contribution in [2.75, 3.05) is 0 Å². The fraction of sp³-hybridized carbons (Fsp3) is 0.857. The largest absolute Gasteiger partial charge is 0.327 e. The lowest BCUT2D eigenvalue weighted by molar-refractivity contribution is 0.291. The summed E-state index contributed by atoms with van der Waals surface area (Å²) >= 11 is 0. The average molecular weight is 207 g/mol. The number of unbranched alkanes of at least 4 members (excludes halogenated alkanes) is 2. The third kappa shape index (κ3) is 2.44. The van der Waals surface area contributed by atoms with Gasteiger partial charge in [-0.3, -0.25) is 0 Å². The van der Waals surface area contributed by atoms with Crippen molar-refractivity contribution in [3.8, 4) is 0 Å². The molecule has 0 aromatic heterocycles. The smallest absolute Gasteiger partial charge is 0.0101 e. The third-order valence-corrected chi connectivity index (χ3v) is 4.46. The Labute approximate surface area is 94.1 Å². The van der Waals surface area contributed by atoms with Gasteiger partial charge in [-0.05, 0) is 49.9 Å². The van der Waals surface area contributed by atoms with Crippen LogP contribution in [0.15, 0.2) is 12.2 Å². The molecule has 1 heteroatoms. The number of rotatable bonds is 5. The molecule has 15 heavy (non-hydrogen) atoms. The van der Waals surface area contributed by atoms with E-state index in [1.54, 1.807) is 0 Å². The molecule has 0 saturated heterocycles. The lowest BCUT2D eigenvalue weighted by atomic mass is 9.83. The van der Waals surface area contributed by atoms with Crippen LogP contribution < -0.4 is 5.73 Å². The molecule has 0 aliphatic heterocycles. The summed E-state index contributed by atoms with van der Waals surface area (Å²) in [5.74, 6) is 2.63. The van der Waals surface area contributed by atoms with Gasteiger partial charge in [0, 0.05) is 6.04 Å². The van der Waals surface area contributed by atoms with Crippen molar-refractivity contribution in [1.82, 2.24) is 0 Å². The first-order valence-electron chi connectivity index (χ1n) is 6.73. The van der Waals surface area contributed by atoms with Crippen molar-refractivity contribution in [2.24, 2.45) is 23.5 Å². The maximum atomic E-state index is 6.27. The molecule has 4 atom stereocenters. The summed E-state index contributed by atoms with van der Waals surface area (Å²) in [4.78, 5) is 0. The van der Waals surface area contributed by atoms with E-state index in [0.29, 0.717) is 6.04 Å². The molecular weight excluding hydrogens is 182 g/mol. The minimum Gasteiger partial charge on any atom is -0.327 e. The monoisotopic (exact) mass is 207 g/mol. The van der Waals surface area contributed by atoms with Crippen molar-refractivity contribution in [3.05, 3.63) is 12.2 Å². The molecular formula is C14H25N. The summed E-state index contributed by atoms with van der Waals surface area (Å²) in [6.45, 7) is 2.25.